The summed E-state index contributed by atoms with van der Waals surface area (Å²) >= 11 is 0. The summed E-state index contributed by atoms with van der Waals surface area (Å²) in [6, 6.07) is 12.3. The van der Waals surface area contributed by atoms with Crippen molar-refractivity contribution in [3.05, 3.63) is 64.2 Å². The molecule has 1 N–H and O–H groups in total. The number of piperazine rings is 1. The van der Waals surface area contributed by atoms with Crippen LogP contribution in [0.2, 0.25) is 0 Å². The van der Waals surface area contributed by atoms with Crippen LogP contribution in [-0.2, 0) is 11.3 Å². The normalized spacial score (nSPS) is 14.6. The molecule has 0 bridgehead atoms. The minimum atomic E-state index is -0.463. The van der Waals surface area contributed by atoms with Gasteiger partial charge in [0.2, 0.25) is 0 Å². The van der Waals surface area contributed by atoms with Crippen LogP contribution in [-0.4, -0.2) is 59.8 Å². The standard InChI is InChI=1S/C24H28N4O4/c1-16(2)32-21-14-17(24(30)31-3)8-9-20(21)28-22(15-27-12-10-25-11-13-27)26-19-7-5-4-6-18(19)23(28)29/h4-9,14,16,25H,10-13,15H2,1-3H3. The molecule has 1 aliphatic rings. The molecule has 8 heteroatoms. The molecule has 0 unspecified atom stereocenters. The first-order chi connectivity index (χ1) is 15.5. The maximum atomic E-state index is 13.6. The number of nitrogens with one attached hydrogen (secondary N) is 1. The van der Waals surface area contributed by atoms with E-state index in [9.17, 15) is 9.59 Å². The number of fused-ring (bicyclic) bond motifs is 1. The summed E-state index contributed by atoms with van der Waals surface area (Å²) in [4.78, 5) is 32.9. The number of methoxy groups -OCH3 is 1. The number of hydrogen-bond acceptors (Lipinski definition) is 7. The summed E-state index contributed by atoms with van der Waals surface area (Å²) in [6.07, 6.45) is -0.151. The molecule has 0 aliphatic carbocycles. The monoisotopic (exact) mass is 436 g/mol. The van der Waals surface area contributed by atoms with Gasteiger partial charge in [0.25, 0.3) is 5.56 Å². The van der Waals surface area contributed by atoms with E-state index >= 15 is 0 Å². The Morgan fingerprint density at radius 1 is 1.16 bits per heavy atom. The molecule has 1 saturated heterocycles. The molecule has 32 heavy (non-hydrogen) atoms. The Morgan fingerprint density at radius 2 is 1.91 bits per heavy atom. The minimum Gasteiger partial charge on any atom is -0.489 e. The largest absolute Gasteiger partial charge is 0.489 e. The van der Waals surface area contributed by atoms with Crippen molar-refractivity contribution in [2.24, 2.45) is 0 Å². The van der Waals surface area contributed by atoms with Gasteiger partial charge in [0.1, 0.15) is 11.6 Å². The van der Waals surface area contributed by atoms with E-state index in [1.807, 2.05) is 32.0 Å². The second-order valence-corrected chi connectivity index (χ2v) is 8.05. The number of aromatic nitrogens is 2. The Kier molecular flexibility index (Phi) is 6.53. The highest BCUT2D eigenvalue weighted by molar-refractivity contribution is 5.90. The van der Waals surface area contributed by atoms with E-state index in [-0.39, 0.29) is 11.7 Å². The molecule has 0 spiro atoms. The van der Waals surface area contributed by atoms with Crippen molar-refractivity contribution >= 4 is 16.9 Å². The molecule has 2 aromatic carbocycles. The summed E-state index contributed by atoms with van der Waals surface area (Å²) in [6.45, 7) is 7.87. The number of benzene rings is 2. The average Bonchev–Trinajstić information content (AvgIpc) is 2.79. The van der Waals surface area contributed by atoms with Gasteiger partial charge >= 0.3 is 5.97 Å². The van der Waals surface area contributed by atoms with Crippen LogP contribution in [0.15, 0.2) is 47.3 Å². The second-order valence-electron chi connectivity index (χ2n) is 8.05. The summed E-state index contributed by atoms with van der Waals surface area (Å²) < 4.78 is 12.5. The van der Waals surface area contributed by atoms with Crippen LogP contribution in [0.1, 0.15) is 30.0 Å². The maximum Gasteiger partial charge on any atom is 0.337 e. The Morgan fingerprint density at radius 3 is 2.62 bits per heavy atom. The van der Waals surface area contributed by atoms with Crippen molar-refractivity contribution in [3.8, 4) is 11.4 Å². The SMILES string of the molecule is COC(=O)c1ccc(-n2c(CN3CCNCC3)nc3ccccc3c2=O)c(OC(C)C)c1. The molecule has 2 heterocycles. The molecule has 0 saturated carbocycles. The number of nitrogens with zero attached hydrogens (tertiary/aromatic N) is 3. The Hall–Kier alpha value is -3.23. The van der Waals surface area contributed by atoms with Crippen LogP contribution in [0, 0.1) is 0 Å². The third-order valence-electron chi connectivity index (χ3n) is 5.40. The summed E-state index contributed by atoms with van der Waals surface area (Å²) in [5.74, 6) is 0.605. The van der Waals surface area contributed by atoms with E-state index in [1.165, 1.54) is 7.11 Å². The van der Waals surface area contributed by atoms with Gasteiger partial charge in [0.05, 0.1) is 41.9 Å². The van der Waals surface area contributed by atoms with Crippen LogP contribution in [0.5, 0.6) is 5.75 Å². The molecular weight excluding hydrogens is 408 g/mol. The lowest BCUT2D eigenvalue weighted by Gasteiger charge is -2.28. The number of esters is 1. The van der Waals surface area contributed by atoms with Gasteiger partial charge in [-0.25, -0.2) is 9.78 Å². The summed E-state index contributed by atoms with van der Waals surface area (Å²) in [5.41, 5.74) is 1.41. The number of hydrogen-bond donors (Lipinski definition) is 1. The summed E-state index contributed by atoms with van der Waals surface area (Å²) in [7, 11) is 1.34. The number of para-hydroxylation sites is 1. The fraction of sp³-hybridized carbons (Fsp3) is 0.375. The Bertz CT molecular complexity index is 1180. The summed E-state index contributed by atoms with van der Waals surface area (Å²) in [5, 5.41) is 3.88. The van der Waals surface area contributed by atoms with Gasteiger partial charge in [-0.15, -0.1) is 0 Å². The second kappa shape index (κ2) is 9.50. The Labute approximate surface area is 186 Å². The Balaban J connectivity index is 1.91. The van der Waals surface area contributed by atoms with Crippen molar-refractivity contribution in [1.82, 2.24) is 19.8 Å². The topological polar surface area (TPSA) is 85.7 Å². The molecule has 1 aliphatic heterocycles. The first-order valence-electron chi connectivity index (χ1n) is 10.8. The third-order valence-corrected chi connectivity index (χ3v) is 5.40. The van der Waals surface area contributed by atoms with Crippen LogP contribution in [0.25, 0.3) is 16.6 Å². The van der Waals surface area contributed by atoms with Gasteiger partial charge in [-0.3, -0.25) is 14.3 Å². The zero-order chi connectivity index (χ0) is 22.7. The molecule has 0 amide bonds. The van der Waals surface area contributed by atoms with E-state index in [2.05, 4.69) is 10.2 Å². The highest BCUT2D eigenvalue weighted by Gasteiger charge is 2.21. The molecule has 168 valence electrons. The van der Waals surface area contributed by atoms with Gasteiger partial charge in [-0.2, -0.15) is 0 Å². The quantitative estimate of drug-likeness (QED) is 0.594. The van der Waals surface area contributed by atoms with E-state index in [1.54, 1.807) is 28.8 Å². The number of rotatable bonds is 6. The molecule has 0 radical (unpaired) electrons. The van der Waals surface area contributed by atoms with Crippen molar-refractivity contribution in [3.63, 3.8) is 0 Å². The maximum absolute atomic E-state index is 13.6. The molecule has 4 rings (SSSR count). The molecule has 3 aromatic rings. The van der Waals surface area contributed by atoms with Gasteiger partial charge in [0.15, 0.2) is 0 Å². The molecule has 1 aromatic heterocycles. The van der Waals surface area contributed by atoms with E-state index in [4.69, 9.17) is 14.5 Å². The lowest BCUT2D eigenvalue weighted by Crippen LogP contribution is -2.44. The average molecular weight is 437 g/mol. The molecule has 0 atom stereocenters. The number of ether oxygens (including phenoxy) is 2. The highest BCUT2D eigenvalue weighted by atomic mass is 16.5. The van der Waals surface area contributed by atoms with E-state index in [0.29, 0.717) is 40.3 Å². The molecule has 8 nitrogen and oxygen atoms in total. The minimum absolute atomic E-state index is 0.151. The molecular formula is C24H28N4O4. The van der Waals surface area contributed by atoms with Gasteiger partial charge in [0, 0.05) is 26.2 Å². The van der Waals surface area contributed by atoms with Crippen molar-refractivity contribution < 1.29 is 14.3 Å². The van der Waals surface area contributed by atoms with Gasteiger partial charge < -0.3 is 14.8 Å². The zero-order valence-corrected chi connectivity index (χ0v) is 18.6. The fourth-order valence-corrected chi connectivity index (χ4v) is 3.89. The van der Waals surface area contributed by atoms with Crippen LogP contribution >= 0.6 is 0 Å². The predicted molar refractivity (Wildman–Crippen MR) is 123 cm³/mol. The van der Waals surface area contributed by atoms with Gasteiger partial charge in [-0.1, -0.05) is 12.1 Å². The van der Waals surface area contributed by atoms with Crippen molar-refractivity contribution in [2.45, 2.75) is 26.5 Å². The smallest absolute Gasteiger partial charge is 0.337 e. The predicted octanol–water partition coefficient (Wildman–Crippen LogP) is 2.36. The van der Waals surface area contributed by atoms with Crippen LogP contribution in [0.4, 0.5) is 0 Å². The third kappa shape index (κ3) is 4.51. The first-order valence-corrected chi connectivity index (χ1v) is 10.8. The van der Waals surface area contributed by atoms with Crippen LogP contribution < -0.4 is 15.6 Å². The van der Waals surface area contributed by atoms with Gasteiger partial charge in [-0.05, 0) is 44.2 Å². The zero-order valence-electron chi connectivity index (χ0n) is 18.6. The highest BCUT2D eigenvalue weighted by Crippen LogP contribution is 2.27. The van der Waals surface area contributed by atoms with E-state index < -0.39 is 5.97 Å². The van der Waals surface area contributed by atoms with Crippen molar-refractivity contribution in [1.29, 1.82) is 0 Å². The number of carbonyl (C=O) groups is 1. The lowest BCUT2D eigenvalue weighted by molar-refractivity contribution is 0.0600. The lowest BCUT2D eigenvalue weighted by atomic mass is 10.1. The van der Waals surface area contributed by atoms with Crippen molar-refractivity contribution in [2.75, 3.05) is 33.3 Å². The van der Waals surface area contributed by atoms with E-state index in [0.717, 1.165) is 26.2 Å². The molecule has 1 fully saturated rings. The fourth-order valence-electron chi connectivity index (χ4n) is 3.89. The first kappa shape index (κ1) is 22.0. The van der Waals surface area contributed by atoms with Crippen LogP contribution in [0.3, 0.4) is 0 Å². The number of carbonyl (C=O) groups excluding carboxylic acids is 1.